The quantitative estimate of drug-likeness (QED) is 0.667. The summed E-state index contributed by atoms with van der Waals surface area (Å²) in [5.74, 6) is 0.234. The molecule has 1 unspecified atom stereocenters. The summed E-state index contributed by atoms with van der Waals surface area (Å²) in [6, 6.07) is 20.1. The molecular formula is C21H25NO2S. The van der Waals surface area contributed by atoms with Gasteiger partial charge >= 0.3 is 6.09 Å². The molecule has 25 heavy (non-hydrogen) atoms. The van der Waals surface area contributed by atoms with Crippen molar-refractivity contribution in [3.63, 3.8) is 0 Å². The number of amides is 1. The SMILES string of the molecule is CC(C)SN1C(=O)OC(c2ccccc2)(c2ccccc2)C1C(C)C. The smallest absolute Gasteiger partial charge is 0.421 e. The van der Waals surface area contributed by atoms with Crippen molar-refractivity contribution in [2.75, 3.05) is 0 Å². The van der Waals surface area contributed by atoms with Crippen molar-refractivity contribution in [2.45, 2.75) is 44.6 Å². The summed E-state index contributed by atoms with van der Waals surface area (Å²) in [7, 11) is 0. The molecule has 0 aliphatic carbocycles. The lowest BCUT2D eigenvalue weighted by atomic mass is 9.76. The van der Waals surface area contributed by atoms with E-state index >= 15 is 0 Å². The van der Waals surface area contributed by atoms with Crippen molar-refractivity contribution in [1.29, 1.82) is 0 Å². The minimum absolute atomic E-state index is 0.0859. The van der Waals surface area contributed by atoms with Crippen LogP contribution in [0.4, 0.5) is 4.79 Å². The van der Waals surface area contributed by atoms with Gasteiger partial charge in [0, 0.05) is 16.4 Å². The Balaban J connectivity index is 2.22. The number of carbonyl (C=O) groups is 1. The van der Waals surface area contributed by atoms with E-state index in [4.69, 9.17) is 4.74 Å². The monoisotopic (exact) mass is 355 g/mol. The minimum atomic E-state index is -0.796. The summed E-state index contributed by atoms with van der Waals surface area (Å²) in [4.78, 5) is 12.9. The third-order valence-corrected chi connectivity index (χ3v) is 5.48. The predicted molar refractivity (Wildman–Crippen MR) is 103 cm³/mol. The first-order valence-electron chi connectivity index (χ1n) is 8.77. The molecule has 0 N–H and O–H groups in total. The minimum Gasteiger partial charge on any atom is -0.430 e. The van der Waals surface area contributed by atoms with Crippen LogP contribution in [0.3, 0.4) is 0 Å². The summed E-state index contributed by atoms with van der Waals surface area (Å²) in [6.45, 7) is 8.50. The highest BCUT2D eigenvalue weighted by Crippen LogP contribution is 2.49. The fraction of sp³-hybridized carbons (Fsp3) is 0.381. The lowest BCUT2D eigenvalue weighted by molar-refractivity contribution is 0.0571. The number of carbonyl (C=O) groups excluding carboxylic acids is 1. The Kier molecular flexibility index (Phi) is 5.09. The molecule has 1 amide bonds. The van der Waals surface area contributed by atoms with Crippen molar-refractivity contribution in [2.24, 2.45) is 5.92 Å². The predicted octanol–water partition coefficient (Wildman–Crippen LogP) is 5.46. The van der Waals surface area contributed by atoms with Crippen LogP contribution in [-0.2, 0) is 10.3 Å². The van der Waals surface area contributed by atoms with Crippen LogP contribution in [0.15, 0.2) is 60.7 Å². The highest BCUT2D eigenvalue weighted by atomic mass is 32.2. The average molecular weight is 356 g/mol. The highest BCUT2D eigenvalue weighted by molar-refractivity contribution is 7.98. The fourth-order valence-electron chi connectivity index (χ4n) is 3.60. The average Bonchev–Trinajstić information content (AvgIpc) is 2.90. The molecule has 132 valence electrons. The second-order valence-corrected chi connectivity index (χ2v) is 8.55. The van der Waals surface area contributed by atoms with Gasteiger partial charge in [0.2, 0.25) is 0 Å². The summed E-state index contributed by atoms with van der Waals surface area (Å²) in [5.41, 5.74) is 1.23. The number of benzene rings is 2. The van der Waals surface area contributed by atoms with Crippen molar-refractivity contribution < 1.29 is 9.53 Å². The maximum absolute atomic E-state index is 12.9. The maximum Gasteiger partial charge on any atom is 0.421 e. The molecule has 1 aliphatic heterocycles. The molecule has 3 nitrogen and oxygen atoms in total. The fourth-order valence-corrected chi connectivity index (χ4v) is 4.70. The first-order valence-corrected chi connectivity index (χ1v) is 9.60. The van der Waals surface area contributed by atoms with Gasteiger partial charge in [-0.25, -0.2) is 9.10 Å². The Morgan fingerprint density at radius 1 is 0.920 bits per heavy atom. The standard InChI is InChI=1S/C21H25NO2S/c1-15(2)19-21(17-11-7-5-8-12-17,18-13-9-6-10-14-18)24-20(23)22(19)25-16(3)4/h5-16,19H,1-4H3. The molecule has 3 rings (SSSR count). The van der Waals surface area contributed by atoms with Gasteiger partial charge in [-0.05, 0) is 17.9 Å². The molecule has 1 saturated heterocycles. The van der Waals surface area contributed by atoms with E-state index in [2.05, 4.69) is 52.0 Å². The topological polar surface area (TPSA) is 29.5 Å². The van der Waals surface area contributed by atoms with E-state index in [0.29, 0.717) is 5.25 Å². The molecule has 0 spiro atoms. The number of hydrogen-bond donors (Lipinski definition) is 0. The number of nitrogens with zero attached hydrogens (tertiary/aromatic N) is 1. The summed E-state index contributed by atoms with van der Waals surface area (Å²) >= 11 is 1.56. The van der Waals surface area contributed by atoms with E-state index in [-0.39, 0.29) is 18.1 Å². The number of cyclic esters (lactones) is 1. The number of hydrogen-bond acceptors (Lipinski definition) is 3. The van der Waals surface area contributed by atoms with Gasteiger partial charge in [-0.1, -0.05) is 88.4 Å². The molecular weight excluding hydrogens is 330 g/mol. The van der Waals surface area contributed by atoms with Crippen LogP contribution in [-0.4, -0.2) is 21.7 Å². The van der Waals surface area contributed by atoms with Crippen LogP contribution in [0.5, 0.6) is 0 Å². The summed E-state index contributed by atoms with van der Waals surface area (Å²) < 4.78 is 8.02. The maximum atomic E-state index is 12.9. The highest BCUT2D eigenvalue weighted by Gasteiger charge is 2.57. The van der Waals surface area contributed by atoms with Crippen LogP contribution >= 0.6 is 11.9 Å². The summed E-state index contributed by atoms with van der Waals surface area (Å²) in [6.07, 6.45) is -0.259. The molecule has 2 aromatic rings. The number of ether oxygens (including phenoxy) is 1. The molecule has 0 saturated carbocycles. The lowest BCUT2D eigenvalue weighted by Gasteiger charge is -2.38. The third kappa shape index (κ3) is 3.15. The molecule has 1 aliphatic rings. The van der Waals surface area contributed by atoms with Gasteiger partial charge in [-0.2, -0.15) is 0 Å². The van der Waals surface area contributed by atoms with Gasteiger partial charge in [0.1, 0.15) is 0 Å². The molecule has 1 fully saturated rings. The van der Waals surface area contributed by atoms with Crippen LogP contribution in [0.25, 0.3) is 0 Å². The van der Waals surface area contributed by atoms with Gasteiger partial charge in [-0.15, -0.1) is 0 Å². The van der Waals surface area contributed by atoms with Crippen molar-refractivity contribution in [1.82, 2.24) is 4.31 Å². The molecule has 4 heteroatoms. The normalized spacial score (nSPS) is 19.5. The van der Waals surface area contributed by atoms with Crippen LogP contribution in [0.1, 0.15) is 38.8 Å². The third-order valence-electron chi connectivity index (χ3n) is 4.46. The number of rotatable bonds is 5. The first kappa shape index (κ1) is 17.9. The van der Waals surface area contributed by atoms with Gasteiger partial charge in [0.15, 0.2) is 5.60 Å². The molecule has 2 aromatic carbocycles. The van der Waals surface area contributed by atoms with Gasteiger partial charge < -0.3 is 4.74 Å². The van der Waals surface area contributed by atoms with Crippen molar-refractivity contribution in [3.05, 3.63) is 71.8 Å². The van der Waals surface area contributed by atoms with E-state index in [0.717, 1.165) is 11.1 Å². The zero-order valence-corrected chi connectivity index (χ0v) is 16.0. The molecule has 0 bridgehead atoms. The lowest BCUT2D eigenvalue weighted by Crippen LogP contribution is -2.45. The Labute approximate surface area is 154 Å². The van der Waals surface area contributed by atoms with Crippen LogP contribution in [0.2, 0.25) is 0 Å². The van der Waals surface area contributed by atoms with Gasteiger partial charge in [0.25, 0.3) is 0 Å². The van der Waals surface area contributed by atoms with E-state index in [9.17, 15) is 4.79 Å². The van der Waals surface area contributed by atoms with Crippen LogP contribution in [0, 0.1) is 5.92 Å². The van der Waals surface area contributed by atoms with E-state index < -0.39 is 5.60 Å². The Morgan fingerprint density at radius 3 is 1.80 bits per heavy atom. The molecule has 1 atom stereocenters. The van der Waals surface area contributed by atoms with Crippen molar-refractivity contribution >= 4 is 18.0 Å². The second kappa shape index (κ2) is 7.12. The Bertz CT molecular complexity index is 676. The Morgan fingerprint density at radius 2 is 1.40 bits per heavy atom. The van der Waals surface area contributed by atoms with E-state index in [1.807, 2.05) is 40.7 Å². The zero-order chi connectivity index (χ0) is 18.0. The van der Waals surface area contributed by atoms with E-state index in [1.165, 1.54) is 0 Å². The molecule has 1 heterocycles. The Hall–Kier alpha value is -1.94. The van der Waals surface area contributed by atoms with Gasteiger partial charge in [0.05, 0.1) is 6.04 Å². The second-order valence-electron chi connectivity index (χ2n) is 7.00. The summed E-state index contributed by atoms with van der Waals surface area (Å²) in [5, 5.41) is 0.302. The van der Waals surface area contributed by atoms with Crippen molar-refractivity contribution in [3.8, 4) is 0 Å². The first-order chi connectivity index (χ1) is 12.0. The van der Waals surface area contributed by atoms with Crippen LogP contribution < -0.4 is 0 Å². The zero-order valence-electron chi connectivity index (χ0n) is 15.2. The van der Waals surface area contributed by atoms with E-state index in [1.54, 1.807) is 11.9 Å². The molecule has 0 aromatic heterocycles. The molecule has 0 radical (unpaired) electrons. The largest absolute Gasteiger partial charge is 0.430 e. The van der Waals surface area contributed by atoms with Gasteiger partial charge in [-0.3, -0.25) is 0 Å².